The number of benzene rings is 1. The zero-order valence-electron chi connectivity index (χ0n) is 16.4. The van der Waals surface area contributed by atoms with Crippen molar-refractivity contribution in [1.29, 1.82) is 0 Å². The Morgan fingerprint density at radius 3 is 2.86 bits per heavy atom. The number of hydrazine groups is 1. The third kappa shape index (κ3) is 4.80. The summed E-state index contributed by atoms with van der Waals surface area (Å²) in [6.07, 6.45) is 1.18. The van der Waals surface area contributed by atoms with E-state index in [9.17, 15) is 9.59 Å². The van der Waals surface area contributed by atoms with Crippen molar-refractivity contribution in [3.63, 3.8) is 0 Å². The van der Waals surface area contributed by atoms with E-state index in [4.69, 9.17) is 5.11 Å². The molecular formula is C20H24FN5O3. The lowest BCUT2D eigenvalue weighted by Crippen LogP contribution is -2.52. The summed E-state index contributed by atoms with van der Waals surface area (Å²) in [5, 5.41) is 10.2. The summed E-state index contributed by atoms with van der Waals surface area (Å²) in [6.45, 7) is 5.34. The molecule has 2 aromatic rings. The number of aryl methyl sites for hydroxylation is 1. The largest absolute Gasteiger partial charge is 0.465 e. The predicted molar refractivity (Wildman–Crippen MR) is 107 cm³/mol. The minimum atomic E-state index is -0.941. The number of nitrogens with one attached hydrogen (secondary N) is 1. The van der Waals surface area contributed by atoms with Gasteiger partial charge in [-0.25, -0.2) is 14.2 Å². The zero-order chi connectivity index (χ0) is 21.0. The monoisotopic (exact) mass is 401 g/mol. The molecule has 2 heterocycles. The Hall–Kier alpha value is -3.20. The average Bonchev–Trinajstić information content (AvgIpc) is 2.69. The quantitative estimate of drug-likeness (QED) is 0.572. The Balaban J connectivity index is 1.76. The van der Waals surface area contributed by atoms with Gasteiger partial charge < -0.3 is 10.0 Å². The fraction of sp³-hybridized carbons (Fsp3) is 0.350. The van der Waals surface area contributed by atoms with Crippen LogP contribution in [0.2, 0.25) is 0 Å². The van der Waals surface area contributed by atoms with E-state index in [1.165, 1.54) is 11.0 Å². The van der Waals surface area contributed by atoms with E-state index < -0.39 is 11.9 Å². The molecule has 1 aliphatic heterocycles. The van der Waals surface area contributed by atoms with E-state index in [2.05, 4.69) is 10.4 Å². The number of aromatic nitrogens is 1. The second kappa shape index (κ2) is 8.87. The number of rotatable bonds is 6. The smallest absolute Gasteiger partial charge is 0.407 e. The van der Waals surface area contributed by atoms with Crippen LogP contribution in [-0.2, 0) is 11.3 Å². The number of hydrogen-bond donors (Lipinski definition) is 2. The van der Waals surface area contributed by atoms with Gasteiger partial charge in [0.15, 0.2) is 5.82 Å². The number of pyridine rings is 1. The predicted octanol–water partition coefficient (Wildman–Crippen LogP) is 2.70. The summed E-state index contributed by atoms with van der Waals surface area (Å²) in [5.41, 5.74) is 4.83. The second-order valence-corrected chi connectivity index (χ2v) is 7.07. The lowest BCUT2D eigenvalue weighted by molar-refractivity contribution is -0.107. The summed E-state index contributed by atoms with van der Waals surface area (Å²) < 4.78 is 15.2. The number of carboxylic acid groups (broad SMARTS) is 1. The van der Waals surface area contributed by atoms with Gasteiger partial charge in [-0.2, -0.15) is 0 Å². The average molecular weight is 401 g/mol. The molecule has 0 unspecified atom stereocenters. The zero-order valence-corrected chi connectivity index (χ0v) is 16.4. The van der Waals surface area contributed by atoms with Crippen LogP contribution in [0.3, 0.4) is 0 Å². The first-order valence-electron chi connectivity index (χ1n) is 9.32. The maximum atomic E-state index is 15.2. The number of anilines is 2. The van der Waals surface area contributed by atoms with Crippen molar-refractivity contribution in [3.8, 4) is 0 Å². The third-order valence-electron chi connectivity index (χ3n) is 4.98. The Morgan fingerprint density at radius 1 is 1.41 bits per heavy atom. The fourth-order valence-electron chi connectivity index (χ4n) is 3.39. The summed E-state index contributed by atoms with van der Waals surface area (Å²) in [4.78, 5) is 30.2. The molecule has 1 saturated heterocycles. The highest BCUT2D eigenvalue weighted by molar-refractivity contribution is 5.79. The molecule has 8 nitrogen and oxygen atoms in total. The van der Waals surface area contributed by atoms with Crippen LogP contribution in [0, 0.1) is 12.7 Å². The van der Waals surface area contributed by atoms with Crippen molar-refractivity contribution < 1.29 is 19.1 Å². The van der Waals surface area contributed by atoms with Gasteiger partial charge in [-0.3, -0.25) is 20.1 Å². The Bertz CT molecular complexity index is 894. The van der Waals surface area contributed by atoms with E-state index >= 15 is 4.39 Å². The van der Waals surface area contributed by atoms with E-state index in [-0.39, 0.29) is 11.7 Å². The molecule has 29 heavy (non-hydrogen) atoms. The Kier molecular flexibility index (Phi) is 6.28. The maximum Gasteiger partial charge on any atom is 0.407 e. The minimum absolute atomic E-state index is 0.0389. The first-order valence-corrected chi connectivity index (χ1v) is 9.32. The van der Waals surface area contributed by atoms with Crippen LogP contribution in [0.15, 0.2) is 36.5 Å². The highest BCUT2D eigenvalue weighted by atomic mass is 19.1. The van der Waals surface area contributed by atoms with Crippen LogP contribution in [0.1, 0.15) is 18.2 Å². The molecule has 1 aliphatic rings. The van der Waals surface area contributed by atoms with Crippen LogP contribution in [0.4, 0.5) is 20.6 Å². The number of carbonyl (C=O) groups is 2. The van der Waals surface area contributed by atoms with Crippen LogP contribution in [0.5, 0.6) is 0 Å². The second-order valence-electron chi connectivity index (χ2n) is 7.07. The van der Waals surface area contributed by atoms with Crippen molar-refractivity contribution in [3.05, 3.63) is 53.6 Å². The topological polar surface area (TPSA) is 89.0 Å². The first-order chi connectivity index (χ1) is 13.9. The van der Waals surface area contributed by atoms with Gasteiger partial charge in [-0.15, -0.1) is 0 Å². The van der Waals surface area contributed by atoms with E-state index in [1.54, 1.807) is 30.5 Å². The number of nitrogens with zero attached hydrogens (tertiary/aromatic N) is 4. The molecule has 0 spiro atoms. The molecule has 1 fully saturated rings. The van der Waals surface area contributed by atoms with Gasteiger partial charge >= 0.3 is 6.09 Å². The highest BCUT2D eigenvalue weighted by Gasteiger charge is 2.27. The molecule has 2 amide bonds. The number of halogens is 1. The van der Waals surface area contributed by atoms with Gasteiger partial charge in [0.05, 0.1) is 5.69 Å². The molecule has 0 radical (unpaired) electrons. The van der Waals surface area contributed by atoms with Crippen molar-refractivity contribution in [2.24, 2.45) is 0 Å². The number of hydrogen-bond acceptors (Lipinski definition) is 5. The van der Waals surface area contributed by atoms with Crippen molar-refractivity contribution >= 4 is 23.9 Å². The Morgan fingerprint density at radius 2 is 2.21 bits per heavy atom. The fourth-order valence-corrected chi connectivity index (χ4v) is 3.39. The summed E-state index contributed by atoms with van der Waals surface area (Å²) in [6, 6.07) is 8.30. The van der Waals surface area contributed by atoms with Gasteiger partial charge in [0.2, 0.25) is 6.41 Å². The summed E-state index contributed by atoms with van der Waals surface area (Å²) in [5.74, 6) is -0.495. The van der Waals surface area contributed by atoms with Gasteiger partial charge in [-0.1, -0.05) is 12.1 Å². The van der Waals surface area contributed by atoms with Crippen molar-refractivity contribution in [2.75, 3.05) is 30.1 Å². The molecule has 1 atom stereocenters. The molecule has 1 aromatic carbocycles. The van der Waals surface area contributed by atoms with Gasteiger partial charge in [0.25, 0.3) is 0 Å². The number of amides is 2. The van der Waals surface area contributed by atoms with Crippen molar-refractivity contribution in [2.45, 2.75) is 26.4 Å². The SMILES string of the molecule is Cc1cc(NN(C=O)c2cccc(CN3CCN(C(=O)O)C[C@H]3C)c2F)ccn1. The molecule has 9 heteroatoms. The normalized spacial score (nSPS) is 17.1. The lowest BCUT2D eigenvalue weighted by atomic mass is 10.1. The maximum absolute atomic E-state index is 15.2. The van der Waals surface area contributed by atoms with Crippen LogP contribution < -0.4 is 10.4 Å². The molecular weight excluding hydrogens is 377 g/mol. The van der Waals surface area contributed by atoms with E-state index in [1.807, 2.05) is 18.7 Å². The van der Waals surface area contributed by atoms with Gasteiger partial charge in [-0.05, 0) is 32.0 Å². The molecule has 0 aliphatic carbocycles. The third-order valence-corrected chi connectivity index (χ3v) is 4.98. The van der Waals surface area contributed by atoms with E-state index in [0.29, 0.717) is 43.8 Å². The van der Waals surface area contributed by atoms with E-state index in [0.717, 1.165) is 10.7 Å². The number of carbonyl (C=O) groups excluding carboxylic acids is 1. The molecule has 1 aromatic heterocycles. The summed E-state index contributed by atoms with van der Waals surface area (Å²) in [7, 11) is 0. The minimum Gasteiger partial charge on any atom is -0.465 e. The molecule has 3 rings (SSSR count). The Labute approximate surface area is 168 Å². The standard InChI is InChI=1S/C20H24FN5O3/c1-14-10-17(6-7-22-14)23-26(13-27)18-5-3-4-16(19(18)21)12-24-8-9-25(20(28)29)11-15(24)2/h3-7,10,13,15H,8-9,11-12H2,1-2H3,(H,22,23)(H,28,29)/t15-/m1/s1. The molecule has 2 N–H and O–H groups in total. The molecule has 0 bridgehead atoms. The van der Waals surface area contributed by atoms with Gasteiger partial charge in [0.1, 0.15) is 5.69 Å². The van der Waals surface area contributed by atoms with Crippen LogP contribution in [0.25, 0.3) is 0 Å². The first kappa shape index (κ1) is 20.5. The molecule has 154 valence electrons. The molecule has 0 saturated carbocycles. The summed E-state index contributed by atoms with van der Waals surface area (Å²) >= 11 is 0. The van der Waals surface area contributed by atoms with Gasteiger partial charge in [0, 0.05) is 49.7 Å². The highest BCUT2D eigenvalue weighted by Crippen LogP contribution is 2.25. The van der Waals surface area contributed by atoms with Crippen LogP contribution in [-0.4, -0.2) is 58.1 Å². The van der Waals surface area contributed by atoms with Crippen molar-refractivity contribution in [1.82, 2.24) is 14.8 Å². The number of piperazine rings is 1. The van der Waals surface area contributed by atoms with Crippen LogP contribution >= 0.6 is 0 Å². The lowest BCUT2D eigenvalue weighted by Gasteiger charge is -2.38.